The first-order chi connectivity index (χ1) is 16.9. The molecular weight excluding hydrogens is 456 g/mol. The van der Waals surface area contributed by atoms with Crippen molar-refractivity contribution in [3.05, 3.63) is 107 Å². The summed E-state index contributed by atoms with van der Waals surface area (Å²) in [6, 6.07) is 27.1. The van der Waals surface area contributed by atoms with Crippen molar-refractivity contribution in [1.82, 2.24) is 10.2 Å². The highest BCUT2D eigenvalue weighted by molar-refractivity contribution is 6.31. The highest BCUT2D eigenvalue weighted by Crippen LogP contribution is 2.30. The van der Waals surface area contributed by atoms with Gasteiger partial charge in [0, 0.05) is 29.9 Å². The van der Waals surface area contributed by atoms with Crippen LogP contribution < -0.4 is 5.32 Å². The molecule has 0 saturated heterocycles. The minimum absolute atomic E-state index is 0.0372. The predicted octanol–water partition coefficient (Wildman–Crippen LogP) is 6.58. The molecule has 1 N–H and O–H groups in total. The Balaban J connectivity index is 1.96. The van der Waals surface area contributed by atoms with Gasteiger partial charge in [-0.1, -0.05) is 104 Å². The number of hydrogen-bond acceptors (Lipinski definition) is 2. The van der Waals surface area contributed by atoms with Gasteiger partial charge in [-0.25, -0.2) is 0 Å². The number of benzene rings is 3. The number of carbonyl (C=O) groups is 2. The lowest BCUT2D eigenvalue weighted by Gasteiger charge is -2.33. The lowest BCUT2D eigenvalue weighted by Crippen LogP contribution is -2.51. The number of amides is 2. The van der Waals surface area contributed by atoms with Crippen LogP contribution in [0, 0.1) is 0 Å². The summed E-state index contributed by atoms with van der Waals surface area (Å²) >= 11 is 6.47. The molecule has 0 spiro atoms. The van der Waals surface area contributed by atoms with Gasteiger partial charge in [0.05, 0.1) is 0 Å². The van der Waals surface area contributed by atoms with Gasteiger partial charge in [-0.2, -0.15) is 0 Å². The predicted molar refractivity (Wildman–Crippen MR) is 143 cm³/mol. The Kier molecular flexibility index (Phi) is 9.92. The molecule has 0 bridgehead atoms. The van der Waals surface area contributed by atoms with E-state index in [0.717, 1.165) is 23.1 Å². The molecule has 0 aliphatic heterocycles. The molecule has 0 aliphatic carbocycles. The second-order valence-electron chi connectivity index (χ2n) is 8.93. The van der Waals surface area contributed by atoms with Crippen LogP contribution in [0.5, 0.6) is 0 Å². The Labute approximate surface area is 214 Å². The zero-order valence-electron chi connectivity index (χ0n) is 20.8. The molecular formula is C30H35ClN2O2. The van der Waals surface area contributed by atoms with Crippen LogP contribution >= 0.6 is 11.6 Å². The molecule has 0 radical (unpaired) electrons. The summed E-state index contributed by atoms with van der Waals surface area (Å²) < 4.78 is 0. The van der Waals surface area contributed by atoms with E-state index in [9.17, 15) is 9.59 Å². The average Bonchev–Trinajstić information content (AvgIpc) is 2.89. The van der Waals surface area contributed by atoms with E-state index in [2.05, 4.69) is 29.6 Å². The average molecular weight is 491 g/mol. The second kappa shape index (κ2) is 13.1. The molecule has 0 aromatic heterocycles. The molecule has 184 valence electrons. The van der Waals surface area contributed by atoms with Crippen LogP contribution in [0.4, 0.5) is 0 Å². The van der Waals surface area contributed by atoms with Crippen molar-refractivity contribution < 1.29 is 9.59 Å². The normalized spacial score (nSPS) is 12.7. The van der Waals surface area contributed by atoms with Gasteiger partial charge in [0.1, 0.15) is 6.04 Å². The van der Waals surface area contributed by atoms with Crippen LogP contribution in [0.3, 0.4) is 0 Å². The molecule has 2 unspecified atom stereocenters. The van der Waals surface area contributed by atoms with E-state index < -0.39 is 6.04 Å². The second-order valence-corrected chi connectivity index (χ2v) is 9.34. The summed E-state index contributed by atoms with van der Waals surface area (Å²) in [5, 5.41) is 3.66. The molecule has 3 aromatic carbocycles. The lowest BCUT2D eigenvalue weighted by molar-refractivity contribution is -0.141. The minimum Gasteiger partial charge on any atom is -0.352 e. The van der Waals surface area contributed by atoms with Crippen molar-refractivity contribution in [1.29, 1.82) is 0 Å². The van der Waals surface area contributed by atoms with Crippen molar-refractivity contribution in [2.24, 2.45) is 0 Å². The van der Waals surface area contributed by atoms with E-state index in [1.807, 2.05) is 81.4 Å². The number of nitrogens with zero attached hydrogens (tertiary/aromatic N) is 1. The molecule has 35 heavy (non-hydrogen) atoms. The topological polar surface area (TPSA) is 49.4 Å². The smallest absolute Gasteiger partial charge is 0.243 e. The molecule has 2 atom stereocenters. The van der Waals surface area contributed by atoms with E-state index in [1.54, 1.807) is 4.90 Å². The first-order valence-electron chi connectivity index (χ1n) is 12.4. The third-order valence-corrected chi connectivity index (χ3v) is 6.84. The molecule has 0 fully saturated rings. The fourth-order valence-electron chi connectivity index (χ4n) is 4.26. The Morgan fingerprint density at radius 2 is 1.37 bits per heavy atom. The lowest BCUT2D eigenvalue weighted by atomic mass is 9.88. The molecule has 3 aromatic rings. The maximum absolute atomic E-state index is 14.0. The molecule has 0 saturated carbocycles. The van der Waals surface area contributed by atoms with E-state index in [-0.39, 0.29) is 36.7 Å². The van der Waals surface area contributed by atoms with Crippen LogP contribution in [0.2, 0.25) is 5.02 Å². The SMILES string of the molecule is CCC(C)NC(=O)C(CC)N(Cc1ccccc1Cl)C(=O)CC(c1ccccc1)c1ccccc1. The maximum Gasteiger partial charge on any atom is 0.243 e. The number of halogens is 1. The molecule has 5 heteroatoms. The largest absolute Gasteiger partial charge is 0.352 e. The fraction of sp³-hybridized carbons (Fsp3) is 0.333. The summed E-state index contributed by atoms with van der Waals surface area (Å²) in [7, 11) is 0. The summed E-state index contributed by atoms with van der Waals surface area (Å²) in [6.07, 6.45) is 1.59. The van der Waals surface area contributed by atoms with Crippen molar-refractivity contribution in [2.75, 3.05) is 0 Å². The number of hydrogen-bond donors (Lipinski definition) is 1. The van der Waals surface area contributed by atoms with Crippen LogP contribution in [0.15, 0.2) is 84.9 Å². The molecule has 4 nitrogen and oxygen atoms in total. The van der Waals surface area contributed by atoms with Gasteiger partial charge in [-0.05, 0) is 42.5 Å². The summed E-state index contributed by atoms with van der Waals surface area (Å²) in [5.41, 5.74) is 2.97. The van der Waals surface area contributed by atoms with Crippen LogP contribution in [0.1, 0.15) is 62.6 Å². The number of carbonyl (C=O) groups excluding carboxylic acids is 2. The van der Waals surface area contributed by atoms with Gasteiger partial charge in [0.25, 0.3) is 0 Å². The van der Waals surface area contributed by atoms with Crippen molar-refractivity contribution in [2.45, 2.75) is 64.6 Å². The zero-order chi connectivity index (χ0) is 25.2. The highest BCUT2D eigenvalue weighted by atomic mass is 35.5. The van der Waals surface area contributed by atoms with Crippen molar-refractivity contribution >= 4 is 23.4 Å². The van der Waals surface area contributed by atoms with Gasteiger partial charge in [0.2, 0.25) is 11.8 Å². The molecule has 2 amide bonds. The van der Waals surface area contributed by atoms with Crippen LogP contribution in [-0.4, -0.2) is 28.8 Å². The third-order valence-electron chi connectivity index (χ3n) is 6.47. The Hall–Kier alpha value is -3.11. The van der Waals surface area contributed by atoms with Crippen molar-refractivity contribution in [3.8, 4) is 0 Å². The van der Waals surface area contributed by atoms with Gasteiger partial charge in [-0.3, -0.25) is 9.59 Å². The maximum atomic E-state index is 14.0. The van der Waals surface area contributed by atoms with Gasteiger partial charge in [0.15, 0.2) is 0 Å². The molecule has 0 heterocycles. The molecule has 0 aliphatic rings. The first-order valence-corrected chi connectivity index (χ1v) is 12.8. The van der Waals surface area contributed by atoms with Crippen LogP contribution in [0.25, 0.3) is 0 Å². The van der Waals surface area contributed by atoms with Gasteiger partial charge < -0.3 is 10.2 Å². The minimum atomic E-state index is -0.583. The first kappa shape index (κ1) is 26.5. The van der Waals surface area contributed by atoms with E-state index >= 15 is 0 Å². The van der Waals surface area contributed by atoms with Gasteiger partial charge in [-0.15, -0.1) is 0 Å². The zero-order valence-corrected chi connectivity index (χ0v) is 21.5. The van der Waals surface area contributed by atoms with E-state index in [4.69, 9.17) is 11.6 Å². The third kappa shape index (κ3) is 7.19. The Bertz CT molecular complexity index is 1050. The summed E-state index contributed by atoms with van der Waals surface area (Å²) in [6.45, 7) is 6.23. The Morgan fingerprint density at radius 1 is 0.829 bits per heavy atom. The quantitative estimate of drug-likeness (QED) is 0.330. The number of rotatable bonds is 11. The monoisotopic (exact) mass is 490 g/mol. The highest BCUT2D eigenvalue weighted by Gasteiger charge is 2.31. The van der Waals surface area contributed by atoms with E-state index in [0.29, 0.717) is 11.4 Å². The standard InChI is InChI=1S/C30H35ClN2O2/c1-4-22(3)32-30(35)28(5-2)33(21-25-18-12-13-19-27(25)31)29(34)20-26(23-14-8-6-9-15-23)24-16-10-7-11-17-24/h6-19,22,26,28H,4-5,20-21H2,1-3H3,(H,32,35). The fourth-order valence-corrected chi connectivity index (χ4v) is 4.46. The van der Waals surface area contributed by atoms with Crippen molar-refractivity contribution in [3.63, 3.8) is 0 Å². The summed E-state index contributed by atoms with van der Waals surface area (Å²) in [4.78, 5) is 28.9. The van der Waals surface area contributed by atoms with Gasteiger partial charge >= 0.3 is 0 Å². The number of nitrogens with one attached hydrogen (secondary N) is 1. The molecule has 3 rings (SSSR count). The summed E-state index contributed by atoms with van der Waals surface area (Å²) in [5.74, 6) is -0.319. The van der Waals surface area contributed by atoms with E-state index in [1.165, 1.54) is 0 Å². The Morgan fingerprint density at radius 3 is 1.89 bits per heavy atom. The van der Waals surface area contributed by atoms with Crippen LogP contribution in [-0.2, 0) is 16.1 Å².